The van der Waals surface area contributed by atoms with E-state index in [0.717, 1.165) is 10.9 Å². The number of carbonyl (C=O) groups excluding carboxylic acids is 2. The van der Waals surface area contributed by atoms with Crippen LogP contribution < -0.4 is 5.56 Å². The van der Waals surface area contributed by atoms with Gasteiger partial charge in [0.15, 0.2) is 6.10 Å². The van der Waals surface area contributed by atoms with E-state index in [1.54, 1.807) is 37.4 Å². The number of esters is 1. The third-order valence-electron chi connectivity index (χ3n) is 4.76. The topological polar surface area (TPSA) is 105 Å². The van der Waals surface area contributed by atoms with Crippen LogP contribution in [0, 0.1) is 0 Å². The third-order valence-corrected chi connectivity index (χ3v) is 4.76. The van der Waals surface area contributed by atoms with Crippen LogP contribution in [0.3, 0.4) is 0 Å². The number of nitrogens with one attached hydrogen (secondary N) is 2. The Labute approximate surface area is 165 Å². The molecule has 0 bridgehead atoms. The van der Waals surface area contributed by atoms with Gasteiger partial charge in [0.25, 0.3) is 5.56 Å². The Balaban J connectivity index is 1.40. The number of ether oxygens (including phenoxy) is 1. The molecular weight excluding hydrogens is 370 g/mol. The molecule has 7 heteroatoms. The first-order valence-corrected chi connectivity index (χ1v) is 9.30. The number of rotatable bonds is 6. The quantitative estimate of drug-likeness (QED) is 0.389. The van der Waals surface area contributed by atoms with Gasteiger partial charge in [-0.25, -0.2) is 4.98 Å². The maximum absolute atomic E-state index is 12.7. The average Bonchev–Trinajstić information content (AvgIpc) is 3.16. The Morgan fingerprint density at radius 1 is 1.07 bits per heavy atom. The third kappa shape index (κ3) is 3.80. The molecule has 2 aromatic heterocycles. The molecule has 0 saturated heterocycles. The van der Waals surface area contributed by atoms with Crippen LogP contribution in [0.4, 0.5) is 0 Å². The minimum atomic E-state index is -0.912. The lowest BCUT2D eigenvalue weighted by molar-refractivity contribution is -0.146. The molecule has 2 aromatic carbocycles. The summed E-state index contributed by atoms with van der Waals surface area (Å²) in [6.07, 6.45) is 0.936. The number of fused-ring (bicyclic) bond motifs is 2. The van der Waals surface area contributed by atoms with Gasteiger partial charge in [0.2, 0.25) is 5.78 Å². The van der Waals surface area contributed by atoms with Crippen molar-refractivity contribution in [3.63, 3.8) is 0 Å². The van der Waals surface area contributed by atoms with E-state index >= 15 is 0 Å². The summed E-state index contributed by atoms with van der Waals surface area (Å²) in [4.78, 5) is 47.0. The van der Waals surface area contributed by atoms with E-state index in [0.29, 0.717) is 22.3 Å². The highest BCUT2D eigenvalue weighted by Gasteiger charge is 2.22. The van der Waals surface area contributed by atoms with Crippen LogP contribution in [0.2, 0.25) is 0 Å². The molecule has 0 aliphatic carbocycles. The molecule has 7 nitrogen and oxygen atoms in total. The summed E-state index contributed by atoms with van der Waals surface area (Å²) in [6, 6.07) is 14.4. The van der Waals surface area contributed by atoms with Crippen molar-refractivity contribution in [2.75, 3.05) is 0 Å². The number of aryl methyl sites for hydroxylation is 1. The Bertz CT molecular complexity index is 1270. The average molecular weight is 389 g/mol. The van der Waals surface area contributed by atoms with E-state index < -0.39 is 12.1 Å². The molecule has 0 fully saturated rings. The lowest BCUT2D eigenvalue weighted by atomic mass is 10.1. The van der Waals surface area contributed by atoms with Crippen LogP contribution in [0.25, 0.3) is 21.8 Å². The number of nitrogens with zero attached hydrogens (tertiary/aromatic N) is 1. The first kappa shape index (κ1) is 18.6. The number of aromatic nitrogens is 3. The van der Waals surface area contributed by atoms with Crippen molar-refractivity contribution in [1.82, 2.24) is 15.0 Å². The van der Waals surface area contributed by atoms with E-state index in [1.807, 2.05) is 24.3 Å². The van der Waals surface area contributed by atoms with Crippen LogP contribution >= 0.6 is 0 Å². The Hall–Kier alpha value is -3.74. The van der Waals surface area contributed by atoms with Gasteiger partial charge in [-0.1, -0.05) is 30.3 Å². The Kier molecular flexibility index (Phi) is 4.95. The molecule has 2 N–H and O–H groups in total. The van der Waals surface area contributed by atoms with Crippen molar-refractivity contribution in [3.05, 3.63) is 76.5 Å². The molecule has 0 spiro atoms. The fraction of sp³-hybridized carbons (Fsp3) is 0.182. The fourth-order valence-corrected chi connectivity index (χ4v) is 3.28. The smallest absolute Gasteiger partial charge is 0.306 e. The van der Waals surface area contributed by atoms with Crippen LogP contribution in [-0.2, 0) is 16.0 Å². The van der Waals surface area contributed by atoms with Crippen molar-refractivity contribution >= 4 is 33.6 Å². The van der Waals surface area contributed by atoms with Crippen molar-refractivity contribution in [1.29, 1.82) is 0 Å². The number of H-pyrrole nitrogens is 2. The van der Waals surface area contributed by atoms with Gasteiger partial charge in [0.1, 0.15) is 5.82 Å². The number of carbonyl (C=O) groups is 2. The summed E-state index contributed by atoms with van der Waals surface area (Å²) < 4.78 is 5.30. The predicted molar refractivity (Wildman–Crippen MR) is 109 cm³/mol. The molecule has 0 aliphatic rings. The van der Waals surface area contributed by atoms with Gasteiger partial charge >= 0.3 is 5.97 Å². The van der Waals surface area contributed by atoms with E-state index in [2.05, 4.69) is 15.0 Å². The minimum absolute atomic E-state index is 0.00673. The van der Waals surface area contributed by atoms with E-state index in [1.165, 1.54) is 0 Å². The highest BCUT2D eigenvalue weighted by atomic mass is 16.5. The van der Waals surface area contributed by atoms with E-state index in [4.69, 9.17) is 4.74 Å². The maximum atomic E-state index is 12.7. The molecule has 4 aromatic rings. The van der Waals surface area contributed by atoms with Gasteiger partial charge in [-0.2, -0.15) is 0 Å². The summed E-state index contributed by atoms with van der Waals surface area (Å²) in [6.45, 7) is 1.55. The van der Waals surface area contributed by atoms with Crippen LogP contribution in [0.1, 0.15) is 29.5 Å². The predicted octanol–water partition coefficient (Wildman–Crippen LogP) is 3.15. The molecule has 29 heavy (non-hydrogen) atoms. The van der Waals surface area contributed by atoms with Crippen LogP contribution in [-0.4, -0.2) is 32.8 Å². The van der Waals surface area contributed by atoms with Crippen molar-refractivity contribution in [2.24, 2.45) is 0 Å². The van der Waals surface area contributed by atoms with Gasteiger partial charge < -0.3 is 14.7 Å². The van der Waals surface area contributed by atoms with E-state index in [-0.39, 0.29) is 24.2 Å². The summed E-state index contributed by atoms with van der Waals surface area (Å²) >= 11 is 0. The standard InChI is InChI=1S/C22H19N3O4/c1-13(21(27)16-12-23-17-8-4-2-6-14(16)17)29-20(26)11-10-19-24-18-9-5-3-7-15(18)22(28)25-19/h2-9,12-13,23H,10-11H2,1H3,(H,24,25,28)/t13-/m1/s1. The number of para-hydroxylation sites is 2. The maximum Gasteiger partial charge on any atom is 0.306 e. The monoisotopic (exact) mass is 389 g/mol. The van der Waals surface area contributed by atoms with Crippen molar-refractivity contribution < 1.29 is 14.3 Å². The number of benzene rings is 2. The molecule has 0 saturated carbocycles. The number of hydrogen-bond donors (Lipinski definition) is 2. The highest BCUT2D eigenvalue weighted by Crippen LogP contribution is 2.20. The molecule has 0 amide bonds. The van der Waals surface area contributed by atoms with Crippen molar-refractivity contribution in [2.45, 2.75) is 25.9 Å². The second-order valence-electron chi connectivity index (χ2n) is 6.77. The second-order valence-corrected chi connectivity index (χ2v) is 6.77. The largest absolute Gasteiger partial charge is 0.454 e. The zero-order chi connectivity index (χ0) is 20.4. The number of ketones is 1. The summed E-state index contributed by atoms with van der Waals surface area (Å²) in [5.74, 6) is -0.393. The summed E-state index contributed by atoms with van der Waals surface area (Å²) in [7, 11) is 0. The molecule has 2 heterocycles. The van der Waals surface area contributed by atoms with Gasteiger partial charge in [0.05, 0.1) is 17.3 Å². The molecule has 0 radical (unpaired) electrons. The van der Waals surface area contributed by atoms with Crippen LogP contribution in [0.15, 0.2) is 59.5 Å². The zero-order valence-electron chi connectivity index (χ0n) is 15.8. The number of Topliss-reactive ketones (excluding diaryl/α,β-unsaturated/α-hetero) is 1. The molecule has 4 rings (SSSR count). The van der Waals surface area contributed by atoms with Gasteiger partial charge in [-0.05, 0) is 25.1 Å². The first-order chi connectivity index (χ1) is 14.0. The molecule has 146 valence electrons. The van der Waals surface area contributed by atoms with Crippen molar-refractivity contribution in [3.8, 4) is 0 Å². The summed E-state index contributed by atoms with van der Waals surface area (Å²) in [5, 5.41) is 1.29. The van der Waals surface area contributed by atoms with Gasteiger partial charge in [0, 0.05) is 29.1 Å². The second kappa shape index (κ2) is 7.71. The fourth-order valence-electron chi connectivity index (χ4n) is 3.28. The molecule has 0 unspecified atom stereocenters. The number of hydrogen-bond acceptors (Lipinski definition) is 5. The minimum Gasteiger partial charge on any atom is -0.454 e. The molecular formula is C22H19N3O4. The Morgan fingerprint density at radius 3 is 2.62 bits per heavy atom. The summed E-state index contributed by atoms with van der Waals surface area (Å²) in [5.41, 5.74) is 1.66. The molecule has 0 aliphatic heterocycles. The van der Waals surface area contributed by atoms with Crippen LogP contribution in [0.5, 0.6) is 0 Å². The van der Waals surface area contributed by atoms with Gasteiger partial charge in [-0.15, -0.1) is 0 Å². The number of aromatic amines is 2. The zero-order valence-corrected chi connectivity index (χ0v) is 15.8. The van der Waals surface area contributed by atoms with E-state index in [9.17, 15) is 14.4 Å². The first-order valence-electron chi connectivity index (χ1n) is 9.30. The normalized spacial score (nSPS) is 12.2. The Morgan fingerprint density at radius 2 is 1.79 bits per heavy atom. The molecule has 1 atom stereocenters. The lowest BCUT2D eigenvalue weighted by Gasteiger charge is -2.12. The van der Waals surface area contributed by atoms with Gasteiger partial charge in [-0.3, -0.25) is 14.4 Å². The lowest BCUT2D eigenvalue weighted by Crippen LogP contribution is -2.24. The SMILES string of the molecule is C[C@@H](OC(=O)CCc1nc2ccccc2c(=O)[nH]1)C(=O)c1c[nH]c2ccccc12. The highest BCUT2D eigenvalue weighted by molar-refractivity contribution is 6.10.